The molecule has 0 aliphatic heterocycles. The molecule has 14 nitrogen and oxygen atoms in total. The molecule has 0 radical (unpaired) electrons. The minimum absolute atomic E-state index is 0.0344. The lowest BCUT2D eigenvalue weighted by Gasteiger charge is -2.15. The first-order chi connectivity index (χ1) is 30.9. The molecule has 0 aliphatic carbocycles. The summed E-state index contributed by atoms with van der Waals surface area (Å²) in [5, 5.41) is 26.6. The first kappa shape index (κ1) is 50.0. The molecule has 5 aromatic carbocycles. The topological polar surface area (TPSA) is 200 Å². The van der Waals surface area contributed by atoms with Crippen molar-refractivity contribution < 1.29 is 28.8 Å². The molecule has 0 saturated carbocycles. The van der Waals surface area contributed by atoms with Crippen molar-refractivity contribution >= 4 is 127 Å². The van der Waals surface area contributed by atoms with Gasteiger partial charge in [0.15, 0.2) is 11.6 Å². The molecular weight excluding hydrogens is 938 g/mol. The lowest BCUT2D eigenvalue weighted by molar-refractivity contribution is -0.127. The van der Waals surface area contributed by atoms with E-state index in [-0.39, 0.29) is 67.0 Å². The predicted molar refractivity (Wildman–Crippen MR) is 256 cm³/mol. The summed E-state index contributed by atoms with van der Waals surface area (Å²) in [6.07, 6.45) is 0.211. The standard InChI is InChI=1S/C46H41Cl5N8O6/c1-24(48)28-7-5-9-33(19-28)52-43(62)31-11-14-36(50)39(22-31)56-58-41(26(3)60)45(64)54-35-13-16-38(30(21-35)17-18-47)55-46(65)42(27(4)61)59-57-40-23-32(12-15-37(40)51)44(63)53-34-10-6-8-29(20-34)25(2)49/h5-16,19-25,41-42H,17-18H2,1-4H3,(H,52,62)(H,53,63)(H,54,64)(H,55,65). The van der Waals surface area contributed by atoms with E-state index in [1.54, 1.807) is 36.4 Å². The van der Waals surface area contributed by atoms with Gasteiger partial charge in [-0.15, -0.1) is 34.8 Å². The number of aryl methyl sites for hydroxylation is 1. The minimum Gasteiger partial charge on any atom is -0.324 e. The van der Waals surface area contributed by atoms with E-state index in [0.29, 0.717) is 16.9 Å². The van der Waals surface area contributed by atoms with Gasteiger partial charge in [-0.1, -0.05) is 47.5 Å². The van der Waals surface area contributed by atoms with Crippen LogP contribution in [-0.2, 0) is 25.6 Å². The second kappa shape index (κ2) is 23.2. The van der Waals surface area contributed by atoms with Crippen molar-refractivity contribution in [3.63, 3.8) is 0 Å². The summed E-state index contributed by atoms with van der Waals surface area (Å²) in [4.78, 5) is 78.4. The van der Waals surface area contributed by atoms with Crippen LogP contribution in [0.2, 0.25) is 10.0 Å². The summed E-state index contributed by atoms with van der Waals surface area (Å²) in [7, 11) is 0. The van der Waals surface area contributed by atoms with Gasteiger partial charge in [0.2, 0.25) is 12.1 Å². The molecular formula is C46H41Cl5N8O6. The Labute approximate surface area is 399 Å². The van der Waals surface area contributed by atoms with Crippen molar-refractivity contribution in [2.45, 2.75) is 57.0 Å². The van der Waals surface area contributed by atoms with Crippen LogP contribution in [0.15, 0.2) is 124 Å². The Balaban J connectivity index is 1.27. The smallest absolute Gasteiger partial charge is 0.258 e. The summed E-state index contributed by atoms with van der Waals surface area (Å²) >= 11 is 31.2. The van der Waals surface area contributed by atoms with Gasteiger partial charge in [0.05, 0.1) is 20.8 Å². The third-order valence-electron chi connectivity index (χ3n) is 9.45. The van der Waals surface area contributed by atoms with Crippen molar-refractivity contribution in [1.82, 2.24) is 0 Å². The molecule has 4 N–H and O–H groups in total. The van der Waals surface area contributed by atoms with Crippen LogP contribution < -0.4 is 21.3 Å². The number of Topliss-reactive ketones (excluding diaryl/α,β-unsaturated/α-hetero) is 2. The van der Waals surface area contributed by atoms with E-state index < -0.39 is 47.3 Å². The number of amides is 4. The second-order valence-electron chi connectivity index (χ2n) is 14.5. The van der Waals surface area contributed by atoms with Crippen LogP contribution in [0.5, 0.6) is 0 Å². The molecule has 0 fully saturated rings. The van der Waals surface area contributed by atoms with Gasteiger partial charge in [0.25, 0.3) is 23.6 Å². The van der Waals surface area contributed by atoms with E-state index >= 15 is 0 Å². The lowest BCUT2D eigenvalue weighted by Crippen LogP contribution is -2.32. The zero-order valence-corrected chi connectivity index (χ0v) is 38.9. The maximum atomic E-state index is 13.5. The monoisotopic (exact) mass is 976 g/mol. The molecule has 0 heterocycles. The summed E-state index contributed by atoms with van der Waals surface area (Å²) < 4.78 is 0. The molecule has 0 aromatic heterocycles. The van der Waals surface area contributed by atoms with Gasteiger partial charge >= 0.3 is 0 Å². The van der Waals surface area contributed by atoms with Gasteiger partial charge in [0.1, 0.15) is 11.4 Å². The van der Waals surface area contributed by atoms with E-state index in [1.165, 1.54) is 54.6 Å². The number of hydrogen-bond acceptors (Lipinski definition) is 10. The number of nitrogens with zero attached hydrogens (tertiary/aromatic N) is 4. The van der Waals surface area contributed by atoms with Crippen LogP contribution >= 0.6 is 58.0 Å². The Morgan fingerprint density at radius 1 is 0.554 bits per heavy atom. The van der Waals surface area contributed by atoms with Gasteiger partial charge in [0, 0.05) is 39.8 Å². The number of rotatable bonds is 18. The molecule has 19 heteroatoms. The summed E-state index contributed by atoms with van der Waals surface area (Å²) in [5.74, 6) is -3.78. The average molecular weight is 979 g/mol. The molecule has 0 aliphatic rings. The van der Waals surface area contributed by atoms with Crippen molar-refractivity contribution in [1.29, 1.82) is 0 Å². The van der Waals surface area contributed by atoms with E-state index in [0.717, 1.165) is 25.0 Å². The van der Waals surface area contributed by atoms with Gasteiger partial charge in [-0.25, -0.2) is 0 Å². The number of hydrogen-bond donors (Lipinski definition) is 4. The second-order valence-corrected chi connectivity index (χ2v) is 17.0. The molecule has 4 amide bonds. The molecule has 5 aromatic rings. The van der Waals surface area contributed by atoms with Gasteiger partial charge in [-0.05, 0) is 130 Å². The lowest BCUT2D eigenvalue weighted by atomic mass is 10.1. The number of nitrogens with one attached hydrogen (secondary N) is 4. The Morgan fingerprint density at radius 3 is 1.43 bits per heavy atom. The Bertz CT molecular complexity index is 2690. The summed E-state index contributed by atoms with van der Waals surface area (Å²) in [6.45, 7) is 5.95. The largest absolute Gasteiger partial charge is 0.324 e. The first-order valence-corrected chi connectivity index (χ1v) is 21.9. The first-order valence-electron chi connectivity index (χ1n) is 19.8. The zero-order valence-electron chi connectivity index (χ0n) is 35.2. The Morgan fingerprint density at radius 2 is 1.00 bits per heavy atom. The van der Waals surface area contributed by atoms with Gasteiger partial charge in [-0.2, -0.15) is 20.5 Å². The van der Waals surface area contributed by atoms with Crippen LogP contribution in [0.25, 0.3) is 0 Å². The number of benzene rings is 5. The average Bonchev–Trinajstić information content (AvgIpc) is 3.25. The number of ketones is 2. The van der Waals surface area contributed by atoms with E-state index in [9.17, 15) is 28.8 Å². The van der Waals surface area contributed by atoms with Crippen LogP contribution in [0.3, 0.4) is 0 Å². The van der Waals surface area contributed by atoms with Crippen LogP contribution in [0.1, 0.15) is 75.9 Å². The molecule has 4 unspecified atom stereocenters. The number of carbonyl (C=O) groups is 6. The SMILES string of the molecule is CC(=O)C(N=Nc1cc(C(=O)Nc2cccc(C(C)Cl)c2)ccc1Cl)C(=O)Nc1ccc(NC(=O)C(N=Nc2cc(C(=O)Nc3cccc(C(C)Cl)c3)ccc2Cl)C(C)=O)c(CCCl)c1. The summed E-state index contributed by atoms with van der Waals surface area (Å²) in [6, 6.07) is 23.9. The number of alkyl halides is 3. The normalized spacial score (nSPS) is 13.1. The van der Waals surface area contributed by atoms with Crippen molar-refractivity contribution in [2.75, 3.05) is 27.1 Å². The van der Waals surface area contributed by atoms with Crippen LogP contribution in [-0.4, -0.2) is 53.2 Å². The van der Waals surface area contributed by atoms with E-state index in [2.05, 4.69) is 41.7 Å². The highest BCUT2D eigenvalue weighted by Crippen LogP contribution is 2.31. The number of azo groups is 2. The maximum absolute atomic E-state index is 13.5. The van der Waals surface area contributed by atoms with Crippen molar-refractivity contribution in [3.05, 3.63) is 141 Å². The third kappa shape index (κ3) is 14.0. The molecule has 5 rings (SSSR count). The Kier molecular flexibility index (Phi) is 17.9. The molecule has 4 atom stereocenters. The highest BCUT2D eigenvalue weighted by atomic mass is 35.5. The quantitative estimate of drug-likeness (QED) is 0.0382. The fourth-order valence-electron chi connectivity index (χ4n) is 5.99. The fraction of sp³-hybridized carbons (Fsp3) is 0.217. The third-order valence-corrected chi connectivity index (χ3v) is 10.8. The molecule has 336 valence electrons. The van der Waals surface area contributed by atoms with Crippen molar-refractivity contribution in [2.24, 2.45) is 20.5 Å². The van der Waals surface area contributed by atoms with Crippen molar-refractivity contribution in [3.8, 4) is 0 Å². The highest BCUT2D eigenvalue weighted by molar-refractivity contribution is 6.33. The molecule has 0 spiro atoms. The zero-order chi connectivity index (χ0) is 47.4. The Hall–Kier alpha value is -6.03. The van der Waals surface area contributed by atoms with Crippen LogP contribution in [0.4, 0.5) is 34.1 Å². The van der Waals surface area contributed by atoms with E-state index in [1.807, 2.05) is 26.0 Å². The molecule has 0 bridgehead atoms. The highest BCUT2D eigenvalue weighted by Gasteiger charge is 2.26. The molecule has 65 heavy (non-hydrogen) atoms. The number of halogens is 5. The number of anilines is 4. The van der Waals surface area contributed by atoms with Gasteiger partial charge < -0.3 is 21.3 Å². The number of carbonyl (C=O) groups excluding carboxylic acids is 6. The molecule has 0 saturated heterocycles. The predicted octanol–water partition coefficient (Wildman–Crippen LogP) is 12.2. The minimum atomic E-state index is -1.62. The van der Waals surface area contributed by atoms with Gasteiger partial charge in [-0.3, -0.25) is 28.8 Å². The summed E-state index contributed by atoms with van der Waals surface area (Å²) in [5.41, 5.74) is 4.05. The van der Waals surface area contributed by atoms with Crippen LogP contribution in [0, 0.1) is 0 Å². The van der Waals surface area contributed by atoms with E-state index in [4.69, 9.17) is 58.0 Å². The maximum Gasteiger partial charge on any atom is 0.258 e. The fourth-order valence-corrected chi connectivity index (χ4v) is 6.77.